The van der Waals surface area contributed by atoms with E-state index in [1.54, 1.807) is 0 Å². The van der Waals surface area contributed by atoms with Crippen molar-refractivity contribution < 1.29 is 4.74 Å². The third-order valence-corrected chi connectivity index (χ3v) is 3.88. The summed E-state index contributed by atoms with van der Waals surface area (Å²) in [5, 5.41) is 0.692. The van der Waals surface area contributed by atoms with E-state index < -0.39 is 0 Å². The summed E-state index contributed by atoms with van der Waals surface area (Å²) >= 11 is 6.02. The summed E-state index contributed by atoms with van der Waals surface area (Å²) in [6.07, 6.45) is 5.48. The molecule has 2 N–H and O–H groups in total. The lowest BCUT2D eigenvalue weighted by molar-refractivity contribution is 0.153. The van der Waals surface area contributed by atoms with Gasteiger partial charge in [0, 0.05) is 29.6 Å². The van der Waals surface area contributed by atoms with Crippen LogP contribution in [0.4, 0.5) is 0 Å². The first kappa shape index (κ1) is 13.5. The molecule has 0 aliphatic carbocycles. The van der Waals surface area contributed by atoms with Crippen molar-refractivity contribution in [2.75, 3.05) is 0 Å². The summed E-state index contributed by atoms with van der Waals surface area (Å²) in [7, 11) is 0. The zero-order valence-electron chi connectivity index (χ0n) is 11.4. The fourth-order valence-electron chi connectivity index (χ4n) is 2.68. The molecule has 1 aliphatic heterocycles. The summed E-state index contributed by atoms with van der Waals surface area (Å²) in [5.41, 5.74) is 8.34. The molecule has 2 heterocycles. The molecule has 1 aromatic heterocycles. The monoisotopic (exact) mass is 291 g/mol. The van der Waals surface area contributed by atoms with E-state index in [0.29, 0.717) is 5.02 Å². The second-order valence-corrected chi connectivity index (χ2v) is 5.58. The molecule has 0 bridgehead atoms. The number of aromatic nitrogens is 2. The quantitative estimate of drug-likeness (QED) is 0.942. The first-order chi connectivity index (χ1) is 9.69. The van der Waals surface area contributed by atoms with E-state index >= 15 is 0 Å². The van der Waals surface area contributed by atoms with Crippen LogP contribution < -0.4 is 10.5 Å². The fraction of sp³-hybridized carbons (Fsp3) is 0.400. The second-order valence-electron chi connectivity index (χ2n) is 5.14. The Morgan fingerprint density at radius 1 is 1.50 bits per heavy atom. The number of halogens is 1. The molecule has 0 saturated heterocycles. The van der Waals surface area contributed by atoms with Crippen LogP contribution in [0.25, 0.3) is 0 Å². The van der Waals surface area contributed by atoms with Crippen molar-refractivity contribution >= 4 is 11.6 Å². The normalized spacial score (nSPS) is 21.4. The van der Waals surface area contributed by atoms with Crippen LogP contribution in [0.3, 0.4) is 0 Å². The molecule has 4 nitrogen and oxygen atoms in total. The van der Waals surface area contributed by atoms with Gasteiger partial charge in [-0.3, -0.25) is 0 Å². The molecule has 0 radical (unpaired) electrons. The minimum absolute atomic E-state index is 0.0484. The summed E-state index contributed by atoms with van der Waals surface area (Å²) in [5.74, 6) is 0.822. The number of fused-ring (bicyclic) bond motifs is 1. The zero-order valence-corrected chi connectivity index (χ0v) is 12.2. The summed E-state index contributed by atoms with van der Waals surface area (Å²) in [6.45, 7) is 3.09. The Bertz CT molecular complexity index is 611. The molecule has 2 atom stereocenters. The van der Waals surface area contributed by atoms with Crippen LogP contribution in [0.1, 0.15) is 43.2 Å². The number of nitrogens with two attached hydrogens (primary N) is 1. The third kappa shape index (κ3) is 2.41. The van der Waals surface area contributed by atoms with Gasteiger partial charge in [-0.05, 0) is 24.6 Å². The number of rotatable bonds is 3. The molecule has 1 aromatic carbocycles. The van der Waals surface area contributed by atoms with Gasteiger partial charge in [-0.25, -0.2) is 4.98 Å². The topological polar surface area (TPSA) is 53.1 Å². The Balaban J connectivity index is 1.91. The zero-order chi connectivity index (χ0) is 14.1. The molecule has 0 spiro atoms. The number of ether oxygens (including phenoxy) is 1. The maximum absolute atomic E-state index is 6.27. The molecule has 3 rings (SSSR count). The maximum Gasteiger partial charge on any atom is 0.142 e. The number of nitrogens with zero attached hydrogens (tertiary/aromatic N) is 2. The van der Waals surface area contributed by atoms with Crippen LogP contribution in [0.15, 0.2) is 30.7 Å². The average Bonchev–Trinajstić information content (AvgIpc) is 2.88. The molecular formula is C15H18ClN3O. The molecule has 1 aliphatic rings. The number of hydrogen-bond donors (Lipinski definition) is 1. The molecule has 0 amide bonds. The van der Waals surface area contributed by atoms with Gasteiger partial charge < -0.3 is 15.0 Å². The van der Waals surface area contributed by atoms with E-state index in [1.165, 1.54) is 0 Å². The number of benzene rings is 1. The molecule has 1 unspecified atom stereocenters. The SMILES string of the molecule is CCCn1cncc1C1C[C@@H](N)c2cc(Cl)ccc2O1. The first-order valence-electron chi connectivity index (χ1n) is 6.90. The van der Waals surface area contributed by atoms with Crippen molar-refractivity contribution in [1.82, 2.24) is 9.55 Å². The van der Waals surface area contributed by atoms with Crippen molar-refractivity contribution in [2.45, 2.75) is 38.5 Å². The van der Waals surface area contributed by atoms with Gasteiger partial charge in [0.15, 0.2) is 0 Å². The van der Waals surface area contributed by atoms with Crippen LogP contribution in [0.2, 0.25) is 5.02 Å². The standard InChI is InChI=1S/C15H18ClN3O/c1-2-5-19-9-18-8-13(19)15-7-12(17)11-6-10(16)3-4-14(11)20-15/h3-4,6,8-9,12,15H,2,5,7,17H2,1H3/t12-,15?/m1/s1. The number of imidazole rings is 1. The van der Waals surface area contributed by atoms with Gasteiger partial charge in [0.05, 0.1) is 18.2 Å². The van der Waals surface area contributed by atoms with Gasteiger partial charge in [0.1, 0.15) is 11.9 Å². The predicted octanol–water partition coefficient (Wildman–Crippen LogP) is 3.47. The lowest BCUT2D eigenvalue weighted by Gasteiger charge is -2.30. The molecular weight excluding hydrogens is 274 g/mol. The van der Waals surface area contributed by atoms with E-state index in [2.05, 4.69) is 16.5 Å². The van der Waals surface area contributed by atoms with Crippen LogP contribution in [0.5, 0.6) is 5.75 Å². The molecule has 0 saturated carbocycles. The minimum atomic E-state index is -0.0626. The van der Waals surface area contributed by atoms with E-state index in [0.717, 1.165) is 36.4 Å². The van der Waals surface area contributed by atoms with E-state index in [4.69, 9.17) is 22.1 Å². The van der Waals surface area contributed by atoms with E-state index in [-0.39, 0.29) is 12.1 Å². The second kappa shape index (κ2) is 5.46. The molecule has 20 heavy (non-hydrogen) atoms. The van der Waals surface area contributed by atoms with Gasteiger partial charge in [0.2, 0.25) is 0 Å². The van der Waals surface area contributed by atoms with Gasteiger partial charge in [-0.2, -0.15) is 0 Å². The Labute approximate surface area is 123 Å². The van der Waals surface area contributed by atoms with Crippen LogP contribution in [-0.4, -0.2) is 9.55 Å². The Morgan fingerprint density at radius 2 is 2.35 bits per heavy atom. The van der Waals surface area contributed by atoms with Gasteiger partial charge >= 0.3 is 0 Å². The lowest BCUT2D eigenvalue weighted by Crippen LogP contribution is -2.25. The Kier molecular flexibility index (Phi) is 3.68. The molecule has 0 fully saturated rings. The highest BCUT2D eigenvalue weighted by molar-refractivity contribution is 6.30. The van der Waals surface area contributed by atoms with Crippen molar-refractivity contribution in [2.24, 2.45) is 5.73 Å². The summed E-state index contributed by atoms with van der Waals surface area (Å²) < 4.78 is 8.23. The van der Waals surface area contributed by atoms with Crippen molar-refractivity contribution in [3.8, 4) is 5.75 Å². The van der Waals surface area contributed by atoms with Gasteiger partial charge in [-0.15, -0.1) is 0 Å². The van der Waals surface area contributed by atoms with Crippen molar-refractivity contribution in [3.05, 3.63) is 47.0 Å². The van der Waals surface area contributed by atoms with E-state index in [1.807, 2.05) is 30.7 Å². The van der Waals surface area contributed by atoms with Crippen LogP contribution in [0, 0.1) is 0 Å². The summed E-state index contributed by atoms with van der Waals surface area (Å²) in [6, 6.07) is 5.55. The largest absolute Gasteiger partial charge is 0.484 e. The van der Waals surface area contributed by atoms with Gasteiger partial charge in [-0.1, -0.05) is 18.5 Å². The highest BCUT2D eigenvalue weighted by atomic mass is 35.5. The molecule has 2 aromatic rings. The lowest BCUT2D eigenvalue weighted by atomic mass is 9.96. The number of hydrogen-bond acceptors (Lipinski definition) is 3. The van der Waals surface area contributed by atoms with Crippen LogP contribution in [-0.2, 0) is 6.54 Å². The maximum atomic E-state index is 6.27. The predicted molar refractivity (Wildman–Crippen MR) is 78.9 cm³/mol. The molecule has 106 valence electrons. The van der Waals surface area contributed by atoms with Crippen molar-refractivity contribution in [1.29, 1.82) is 0 Å². The Hall–Kier alpha value is -1.52. The minimum Gasteiger partial charge on any atom is -0.484 e. The fourth-order valence-corrected chi connectivity index (χ4v) is 2.86. The smallest absolute Gasteiger partial charge is 0.142 e. The number of aryl methyl sites for hydroxylation is 1. The highest BCUT2D eigenvalue weighted by Gasteiger charge is 2.29. The molecule has 5 heteroatoms. The highest BCUT2D eigenvalue weighted by Crippen LogP contribution is 2.40. The first-order valence-corrected chi connectivity index (χ1v) is 7.28. The van der Waals surface area contributed by atoms with E-state index in [9.17, 15) is 0 Å². The van der Waals surface area contributed by atoms with Gasteiger partial charge in [0.25, 0.3) is 0 Å². The third-order valence-electron chi connectivity index (χ3n) is 3.65. The van der Waals surface area contributed by atoms with Crippen molar-refractivity contribution in [3.63, 3.8) is 0 Å². The van der Waals surface area contributed by atoms with Crippen LogP contribution >= 0.6 is 11.6 Å². The average molecular weight is 292 g/mol. The summed E-state index contributed by atoms with van der Waals surface area (Å²) in [4.78, 5) is 4.23. The Morgan fingerprint density at radius 3 is 3.15 bits per heavy atom.